The summed E-state index contributed by atoms with van der Waals surface area (Å²) in [5.41, 5.74) is 3.78. The van der Waals surface area contributed by atoms with E-state index in [-0.39, 0.29) is 11.6 Å². The van der Waals surface area contributed by atoms with Crippen LogP contribution in [0, 0.1) is 0 Å². The van der Waals surface area contributed by atoms with E-state index in [2.05, 4.69) is 27.8 Å². The molecule has 1 aromatic carbocycles. The van der Waals surface area contributed by atoms with Crippen molar-refractivity contribution in [3.8, 4) is 5.82 Å². The Balaban J connectivity index is 1.46. The summed E-state index contributed by atoms with van der Waals surface area (Å²) in [6.07, 6.45) is 4.41. The van der Waals surface area contributed by atoms with E-state index in [0.29, 0.717) is 28.5 Å². The van der Waals surface area contributed by atoms with Gasteiger partial charge in [-0.1, -0.05) is 26.0 Å². The molecule has 0 amide bonds. The quantitative estimate of drug-likeness (QED) is 0.441. The Morgan fingerprint density at radius 2 is 2.03 bits per heavy atom. The highest BCUT2D eigenvalue weighted by molar-refractivity contribution is 5.77. The molecule has 6 rings (SSSR count). The molecule has 4 heterocycles. The van der Waals surface area contributed by atoms with Crippen LogP contribution in [0.2, 0.25) is 0 Å². The summed E-state index contributed by atoms with van der Waals surface area (Å²) >= 11 is 0. The standard InChI is InChI=1S/C26H28FN7O/c1-26(2,15-27)21-4-3-5-22(31-21)34-23-20(24(35)33(34)19-8-9-19)14-29-25(32-23)30-18-7-6-17-13-28-11-10-16(17)12-18/h3-7,12,14,19,28H,8-11,13,15H2,1-2H3,(H,29,30,32). The second-order valence-corrected chi connectivity index (χ2v) is 10.1. The fraction of sp³-hybridized carbons (Fsp3) is 0.385. The number of nitrogens with zero attached hydrogens (tertiary/aromatic N) is 5. The van der Waals surface area contributed by atoms with Gasteiger partial charge in [0.15, 0.2) is 11.5 Å². The first kappa shape index (κ1) is 21.9. The molecule has 0 bridgehead atoms. The molecule has 1 aliphatic carbocycles. The molecule has 180 valence electrons. The molecule has 8 nitrogen and oxygen atoms in total. The van der Waals surface area contributed by atoms with E-state index < -0.39 is 12.1 Å². The SMILES string of the molecule is CC(C)(CF)c1cccc(-n2c3nc(Nc4ccc5c(c4)CCNC5)ncc3c(=O)n2C2CC2)n1. The zero-order chi connectivity index (χ0) is 24.2. The normalized spacial score (nSPS) is 15.9. The monoisotopic (exact) mass is 473 g/mol. The molecule has 2 N–H and O–H groups in total. The van der Waals surface area contributed by atoms with Gasteiger partial charge in [-0.25, -0.2) is 19.3 Å². The number of alkyl halides is 1. The van der Waals surface area contributed by atoms with Gasteiger partial charge in [-0.15, -0.1) is 0 Å². The highest BCUT2D eigenvalue weighted by Crippen LogP contribution is 2.36. The Morgan fingerprint density at radius 3 is 2.83 bits per heavy atom. The van der Waals surface area contributed by atoms with Crippen molar-refractivity contribution in [2.75, 3.05) is 18.5 Å². The smallest absolute Gasteiger partial charge is 0.278 e. The van der Waals surface area contributed by atoms with Gasteiger partial charge in [-0.3, -0.25) is 9.18 Å². The van der Waals surface area contributed by atoms with E-state index in [4.69, 9.17) is 9.97 Å². The Bertz CT molecular complexity index is 1490. The van der Waals surface area contributed by atoms with Crippen LogP contribution < -0.4 is 16.2 Å². The predicted molar refractivity (Wildman–Crippen MR) is 133 cm³/mol. The molecule has 3 aromatic heterocycles. The maximum Gasteiger partial charge on any atom is 0.278 e. The zero-order valence-corrected chi connectivity index (χ0v) is 19.9. The molecule has 0 radical (unpaired) electrons. The van der Waals surface area contributed by atoms with Crippen LogP contribution in [0.5, 0.6) is 0 Å². The van der Waals surface area contributed by atoms with Crippen molar-refractivity contribution in [2.45, 2.75) is 51.1 Å². The van der Waals surface area contributed by atoms with Crippen molar-refractivity contribution < 1.29 is 4.39 Å². The van der Waals surface area contributed by atoms with Gasteiger partial charge in [0.1, 0.15) is 12.1 Å². The minimum Gasteiger partial charge on any atom is -0.324 e. The van der Waals surface area contributed by atoms with Crippen LogP contribution in [-0.4, -0.2) is 37.5 Å². The van der Waals surface area contributed by atoms with Gasteiger partial charge >= 0.3 is 0 Å². The summed E-state index contributed by atoms with van der Waals surface area (Å²) in [7, 11) is 0. The fourth-order valence-corrected chi connectivity index (χ4v) is 4.60. The summed E-state index contributed by atoms with van der Waals surface area (Å²) in [5, 5.41) is 7.13. The topological polar surface area (TPSA) is 89.7 Å². The third-order valence-electron chi connectivity index (χ3n) is 6.84. The number of aromatic nitrogens is 5. The minimum atomic E-state index is -0.729. The van der Waals surface area contributed by atoms with Crippen molar-refractivity contribution >= 4 is 22.7 Å². The Hall–Kier alpha value is -3.59. The number of halogens is 1. The molecule has 0 saturated heterocycles. The summed E-state index contributed by atoms with van der Waals surface area (Å²) in [4.78, 5) is 27.3. The molecular formula is C26H28FN7O. The predicted octanol–water partition coefficient (Wildman–Crippen LogP) is 3.95. The lowest BCUT2D eigenvalue weighted by Gasteiger charge is -2.21. The number of hydrogen-bond acceptors (Lipinski definition) is 6. The average Bonchev–Trinajstić information content (AvgIpc) is 3.68. The van der Waals surface area contributed by atoms with Crippen LogP contribution in [0.25, 0.3) is 16.9 Å². The van der Waals surface area contributed by atoms with Gasteiger partial charge in [0.25, 0.3) is 5.56 Å². The highest BCUT2D eigenvalue weighted by Gasteiger charge is 2.32. The first-order chi connectivity index (χ1) is 16.9. The fourth-order valence-electron chi connectivity index (χ4n) is 4.60. The van der Waals surface area contributed by atoms with Crippen LogP contribution >= 0.6 is 0 Å². The number of fused-ring (bicyclic) bond motifs is 2. The van der Waals surface area contributed by atoms with E-state index in [9.17, 15) is 9.18 Å². The van der Waals surface area contributed by atoms with Crippen molar-refractivity contribution in [1.29, 1.82) is 0 Å². The van der Waals surface area contributed by atoms with Crippen molar-refractivity contribution in [3.63, 3.8) is 0 Å². The molecule has 1 aliphatic heterocycles. The Kier molecular flexibility index (Phi) is 5.17. The lowest BCUT2D eigenvalue weighted by atomic mass is 9.90. The number of anilines is 2. The first-order valence-electron chi connectivity index (χ1n) is 12.1. The van der Waals surface area contributed by atoms with Gasteiger partial charge in [0.2, 0.25) is 5.95 Å². The van der Waals surface area contributed by atoms with Crippen LogP contribution in [-0.2, 0) is 18.4 Å². The molecule has 2 aliphatic rings. The van der Waals surface area contributed by atoms with Crippen molar-refractivity contribution in [1.82, 2.24) is 29.6 Å². The lowest BCUT2D eigenvalue weighted by molar-refractivity contribution is 0.344. The van der Waals surface area contributed by atoms with Crippen LogP contribution in [0.15, 0.2) is 47.4 Å². The third-order valence-corrected chi connectivity index (χ3v) is 6.84. The molecule has 4 aromatic rings. The number of nitrogens with one attached hydrogen (secondary N) is 2. The summed E-state index contributed by atoms with van der Waals surface area (Å²) in [6.45, 7) is 4.95. The highest BCUT2D eigenvalue weighted by atomic mass is 19.1. The van der Waals surface area contributed by atoms with Crippen LogP contribution in [0.1, 0.15) is 49.6 Å². The van der Waals surface area contributed by atoms with Crippen molar-refractivity contribution in [3.05, 3.63) is 69.8 Å². The Morgan fingerprint density at radius 1 is 1.17 bits per heavy atom. The maximum atomic E-state index is 13.7. The average molecular weight is 474 g/mol. The van der Waals surface area contributed by atoms with Gasteiger partial charge in [-0.2, -0.15) is 4.98 Å². The number of pyridine rings is 1. The van der Waals surface area contributed by atoms with Gasteiger partial charge in [0, 0.05) is 23.8 Å². The van der Waals surface area contributed by atoms with E-state index in [1.807, 2.05) is 38.1 Å². The summed E-state index contributed by atoms with van der Waals surface area (Å²) in [5.74, 6) is 0.960. The first-order valence-corrected chi connectivity index (χ1v) is 12.1. The molecule has 35 heavy (non-hydrogen) atoms. The third kappa shape index (κ3) is 3.89. The number of hydrogen-bond donors (Lipinski definition) is 2. The largest absolute Gasteiger partial charge is 0.324 e. The second-order valence-electron chi connectivity index (χ2n) is 10.1. The summed E-state index contributed by atoms with van der Waals surface area (Å²) < 4.78 is 17.2. The van der Waals surface area contributed by atoms with E-state index >= 15 is 0 Å². The number of benzene rings is 1. The van der Waals surface area contributed by atoms with Crippen LogP contribution in [0.4, 0.5) is 16.0 Å². The minimum absolute atomic E-state index is 0.0991. The molecule has 0 spiro atoms. The molecule has 0 unspecified atom stereocenters. The van der Waals surface area contributed by atoms with Crippen molar-refractivity contribution in [2.24, 2.45) is 0 Å². The molecule has 0 atom stereocenters. The lowest BCUT2D eigenvalue weighted by Crippen LogP contribution is -2.24. The maximum absolute atomic E-state index is 13.7. The van der Waals surface area contributed by atoms with Gasteiger partial charge < -0.3 is 10.6 Å². The van der Waals surface area contributed by atoms with Gasteiger partial charge in [0.05, 0.1) is 11.7 Å². The van der Waals surface area contributed by atoms with E-state index in [1.165, 1.54) is 11.1 Å². The molecule has 9 heteroatoms. The van der Waals surface area contributed by atoms with E-state index in [1.54, 1.807) is 15.6 Å². The van der Waals surface area contributed by atoms with Crippen LogP contribution in [0.3, 0.4) is 0 Å². The molecule has 1 fully saturated rings. The van der Waals surface area contributed by atoms with Gasteiger partial charge in [-0.05, 0) is 61.2 Å². The zero-order valence-electron chi connectivity index (χ0n) is 19.9. The second kappa shape index (κ2) is 8.27. The Labute approximate surface area is 202 Å². The van der Waals surface area contributed by atoms with E-state index in [0.717, 1.165) is 38.0 Å². The number of rotatable bonds is 6. The molecule has 1 saturated carbocycles. The summed E-state index contributed by atoms with van der Waals surface area (Å²) in [6, 6.07) is 11.9. The molecular weight excluding hydrogens is 445 g/mol.